The van der Waals surface area contributed by atoms with Crippen LogP contribution in [0.5, 0.6) is 5.75 Å². The van der Waals surface area contributed by atoms with E-state index in [0.29, 0.717) is 23.3 Å². The first kappa shape index (κ1) is 18.9. The highest BCUT2D eigenvalue weighted by Gasteiger charge is 2.33. The fourth-order valence-electron chi connectivity index (χ4n) is 3.96. The average molecular weight is 389 g/mol. The van der Waals surface area contributed by atoms with Crippen LogP contribution < -0.4 is 0 Å². The Morgan fingerprint density at radius 1 is 1.28 bits per heavy atom. The van der Waals surface area contributed by atoms with Gasteiger partial charge in [-0.3, -0.25) is 9.78 Å². The Morgan fingerprint density at radius 2 is 2.00 bits per heavy atom. The number of aryl methyl sites for hydroxylation is 1. The van der Waals surface area contributed by atoms with Gasteiger partial charge < -0.3 is 14.8 Å². The Balaban J connectivity index is 1.93. The zero-order chi connectivity index (χ0) is 20.7. The highest BCUT2D eigenvalue weighted by Crippen LogP contribution is 2.39. The number of aromatic hydroxyl groups is 1. The molecule has 1 aliphatic heterocycles. The molecule has 0 atom stereocenters. The summed E-state index contributed by atoms with van der Waals surface area (Å²) in [6.45, 7) is 4.31. The van der Waals surface area contributed by atoms with Crippen LogP contribution in [0.2, 0.25) is 0 Å². The predicted octanol–water partition coefficient (Wildman–Crippen LogP) is 3.80. The molecule has 0 aliphatic carbocycles. The summed E-state index contributed by atoms with van der Waals surface area (Å²) in [6.07, 6.45) is 2.48. The molecule has 0 spiro atoms. The number of oxime groups is 1. The molecule has 2 aromatic carbocycles. The number of fused-ring (bicyclic) bond motifs is 2. The summed E-state index contributed by atoms with van der Waals surface area (Å²) in [5.41, 5.74) is 6.33. The van der Waals surface area contributed by atoms with Crippen molar-refractivity contribution in [2.75, 3.05) is 14.2 Å². The van der Waals surface area contributed by atoms with Gasteiger partial charge in [-0.05, 0) is 43.0 Å². The largest absolute Gasteiger partial charge is 0.505 e. The summed E-state index contributed by atoms with van der Waals surface area (Å²) >= 11 is 0. The van der Waals surface area contributed by atoms with E-state index in [0.717, 1.165) is 28.5 Å². The number of phenols is 1. The summed E-state index contributed by atoms with van der Waals surface area (Å²) in [7, 11) is 3.21. The second kappa shape index (κ2) is 7.20. The third-order valence-electron chi connectivity index (χ3n) is 5.35. The summed E-state index contributed by atoms with van der Waals surface area (Å²) in [6, 6.07) is 10.4. The summed E-state index contributed by atoms with van der Waals surface area (Å²) < 4.78 is 0. The molecule has 1 aromatic heterocycles. The van der Waals surface area contributed by atoms with E-state index in [4.69, 9.17) is 4.84 Å². The molecule has 4 rings (SSSR count). The monoisotopic (exact) mass is 389 g/mol. The van der Waals surface area contributed by atoms with Crippen molar-refractivity contribution in [3.63, 3.8) is 0 Å². The standard InChI is InChI=1S/C23H23N3O3/c1-13-5-7-15(8-6-13)9-16-10-17-19(14(2)25-29-4)18-12-26(3)23(28)20(18)22(27)21(17)24-11-16/h5-8,10-11,27H,9,12H2,1-4H3/b25-14-. The Morgan fingerprint density at radius 3 is 2.69 bits per heavy atom. The molecule has 0 fully saturated rings. The zero-order valence-corrected chi connectivity index (χ0v) is 17.0. The Bertz CT molecular complexity index is 1150. The summed E-state index contributed by atoms with van der Waals surface area (Å²) in [4.78, 5) is 23.7. The Labute approximate surface area is 169 Å². The van der Waals surface area contributed by atoms with E-state index in [1.807, 2.05) is 13.0 Å². The first-order valence-electron chi connectivity index (χ1n) is 9.46. The van der Waals surface area contributed by atoms with E-state index in [1.54, 1.807) is 18.1 Å². The number of rotatable bonds is 4. The first-order valence-corrected chi connectivity index (χ1v) is 9.46. The molecular weight excluding hydrogens is 366 g/mol. The Kier molecular flexibility index (Phi) is 4.70. The van der Waals surface area contributed by atoms with Crippen LogP contribution in [0.1, 0.15) is 45.1 Å². The van der Waals surface area contributed by atoms with E-state index in [2.05, 4.69) is 41.3 Å². The smallest absolute Gasteiger partial charge is 0.258 e. The minimum atomic E-state index is -0.212. The minimum Gasteiger partial charge on any atom is -0.505 e. The number of amides is 1. The maximum atomic E-state index is 12.6. The van der Waals surface area contributed by atoms with Crippen molar-refractivity contribution in [3.8, 4) is 5.75 Å². The van der Waals surface area contributed by atoms with Gasteiger partial charge in [0.1, 0.15) is 12.6 Å². The summed E-state index contributed by atoms with van der Waals surface area (Å²) in [5, 5.41) is 15.7. The van der Waals surface area contributed by atoms with Crippen LogP contribution in [0.15, 0.2) is 41.7 Å². The van der Waals surface area contributed by atoms with Gasteiger partial charge in [0.2, 0.25) is 0 Å². The number of carbonyl (C=O) groups excluding carboxylic acids is 1. The first-order chi connectivity index (χ1) is 13.9. The lowest BCUT2D eigenvalue weighted by molar-refractivity contribution is 0.0814. The highest BCUT2D eigenvalue weighted by atomic mass is 16.6. The number of aromatic nitrogens is 1. The van der Waals surface area contributed by atoms with Gasteiger partial charge in [0.25, 0.3) is 5.91 Å². The lowest BCUT2D eigenvalue weighted by Gasteiger charge is -2.14. The molecule has 0 saturated carbocycles. The van der Waals surface area contributed by atoms with Gasteiger partial charge in [-0.25, -0.2) is 0 Å². The highest BCUT2D eigenvalue weighted by molar-refractivity contribution is 6.17. The number of hydrogen-bond acceptors (Lipinski definition) is 5. The third-order valence-corrected chi connectivity index (χ3v) is 5.35. The second-order valence-electron chi connectivity index (χ2n) is 7.50. The van der Waals surface area contributed by atoms with Crippen LogP contribution in [0.3, 0.4) is 0 Å². The fourth-order valence-corrected chi connectivity index (χ4v) is 3.96. The fraction of sp³-hybridized carbons (Fsp3) is 0.261. The number of benzene rings is 2. The van der Waals surface area contributed by atoms with Crippen molar-refractivity contribution < 1.29 is 14.7 Å². The van der Waals surface area contributed by atoms with Crippen molar-refractivity contribution in [2.45, 2.75) is 26.8 Å². The van der Waals surface area contributed by atoms with Crippen molar-refractivity contribution >= 4 is 22.5 Å². The quantitative estimate of drug-likeness (QED) is 0.544. The van der Waals surface area contributed by atoms with Crippen molar-refractivity contribution in [1.29, 1.82) is 0 Å². The molecule has 1 amide bonds. The van der Waals surface area contributed by atoms with Gasteiger partial charge >= 0.3 is 0 Å². The number of carbonyl (C=O) groups is 1. The van der Waals surface area contributed by atoms with Gasteiger partial charge in [0.05, 0.1) is 11.3 Å². The molecule has 2 heterocycles. The molecule has 148 valence electrons. The second-order valence-corrected chi connectivity index (χ2v) is 7.50. The molecule has 1 aliphatic rings. The molecule has 6 nitrogen and oxygen atoms in total. The third kappa shape index (κ3) is 3.20. The van der Waals surface area contributed by atoms with Gasteiger partial charge in [0.15, 0.2) is 5.75 Å². The molecular formula is C23H23N3O3. The number of nitrogens with zero attached hydrogens (tertiary/aromatic N) is 3. The van der Waals surface area contributed by atoms with Crippen LogP contribution in [0.4, 0.5) is 0 Å². The van der Waals surface area contributed by atoms with Crippen LogP contribution in [-0.2, 0) is 17.8 Å². The van der Waals surface area contributed by atoms with Crippen LogP contribution >= 0.6 is 0 Å². The van der Waals surface area contributed by atoms with Gasteiger partial charge in [-0.15, -0.1) is 0 Å². The lowest BCUT2D eigenvalue weighted by Crippen LogP contribution is -2.17. The van der Waals surface area contributed by atoms with Gasteiger partial charge in [0, 0.05) is 30.7 Å². The van der Waals surface area contributed by atoms with Crippen molar-refractivity contribution in [2.24, 2.45) is 5.16 Å². The Hall–Kier alpha value is -3.41. The van der Waals surface area contributed by atoms with Crippen LogP contribution in [0, 0.1) is 6.92 Å². The number of phenolic OH excluding ortho intramolecular Hbond substituents is 1. The van der Waals surface area contributed by atoms with Crippen molar-refractivity contribution in [3.05, 3.63) is 69.9 Å². The number of pyridine rings is 1. The molecule has 29 heavy (non-hydrogen) atoms. The molecule has 6 heteroatoms. The zero-order valence-electron chi connectivity index (χ0n) is 17.0. The molecule has 0 bridgehead atoms. The van der Waals surface area contributed by atoms with E-state index < -0.39 is 0 Å². The summed E-state index contributed by atoms with van der Waals surface area (Å²) in [5.74, 6) is -0.281. The van der Waals surface area contributed by atoms with Gasteiger partial charge in [-0.2, -0.15) is 0 Å². The molecule has 0 unspecified atom stereocenters. The lowest BCUT2D eigenvalue weighted by atomic mass is 9.92. The van der Waals surface area contributed by atoms with E-state index in [-0.39, 0.29) is 11.7 Å². The predicted molar refractivity (Wildman–Crippen MR) is 112 cm³/mol. The maximum absolute atomic E-state index is 12.6. The maximum Gasteiger partial charge on any atom is 0.258 e. The minimum absolute atomic E-state index is 0.0693. The van der Waals surface area contributed by atoms with Crippen LogP contribution in [0.25, 0.3) is 10.9 Å². The van der Waals surface area contributed by atoms with Gasteiger partial charge in [-0.1, -0.05) is 35.0 Å². The van der Waals surface area contributed by atoms with E-state index in [9.17, 15) is 9.90 Å². The molecule has 0 radical (unpaired) electrons. The van der Waals surface area contributed by atoms with E-state index >= 15 is 0 Å². The van der Waals surface area contributed by atoms with Crippen LogP contribution in [-0.4, -0.2) is 40.8 Å². The number of hydrogen-bond donors (Lipinski definition) is 1. The molecule has 3 aromatic rings. The molecule has 0 saturated heterocycles. The average Bonchev–Trinajstić information content (AvgIpc) is 2.98. The van der Waals surface area contributed by atoms with E-state index in [1.165, 1.54) is 18.2 Å². The SMILES string of the molecule is CO/N=C(/C)c1c2c(c(O)c3ncc(Cc4ccc(C)cc4)cc13)C(=O)N(C)C2. The van der Waals surface area contributed by atoms with Crippen molar-refractivity contribution in [1.82, 2.24) is 9.88 Å². The normalized spacial score (nSPS) is 13.9. The molecule has 1 N–H and O–H groups in total. The topological polar surface area (TPSA) is 75.0 Å².